The molecule has 0 radical (unpaired) electrons. The lowest BCUT2D eigenvalue weighted by Gasteiger charge is -2.42. The van der Waals surface area contributed by atoms with Crippen molar-refractivity contribution in [2.75, 3.05) is 53.9 Å². The molecular weight excluding hydrogens is 354 g/mol. The van der Waals surface area contributed by atoms with Gasteiger partial charge in [-0.15, -0.1) is 0 Å². The van der Waals surface area contributed by atoms with Gasteiger partial charge in [-0.25, -0.2) is 0 Å². The lowest BCUT2D eigenvalue weighted by Crippen LogP contribution is -2.58. The maximum Gasteiger partial charge on any atom is 0.289 e. The molecule has 1 amide bonds. The first kappa shape index (κ1) is 20.7. The summed E-state index contributed by atoms with van der Waals surface area (Å²) < 4.78 is 5.25. The second-order valence-electron chi connectivity index (χ2n) is 8.19. The van der Waals surface area contributed by atoms with Crippen molar-refractivity contribution in [1.82, 2.24) is 20.0 Å². The number of likely N-dealkylation sites (N-methyl/N-ethyl adjacent to an activating group) is 1. The van der Waals surface area contributed by atoms with Gasteiger partial charge in [-0.05, 0) is 39.1 Å². The molecule has 0 unspecified atom stereocenters. The molecule has 2 aliphatic rings. The SMILES string of the molecule is CN=C(NCC1(N(C)C)CCCCCC1)N1CCN(C(=O)c2ccco2)CC1. The number of piperazine rings is 1. The molecule has 1 aliphatic carbocycles. The van der Waals surface area contributed by atoms with Crippen molar-refractivity contribution in [2.24, 2.45) is 4.99 Å². The molecule has 1 saturated carbocycles. The zero-order valence-electron chi connectivity index (χ0n) is 17.6. The Hall–Kier alpha value is -2.02. The van der Waals surface area contributed by atoms with Crippen LogP contribution in [0.4, 0.5) is 0 Å². The van der Waals surface area contributed by atoms with E-state index in [0.29, 0.717) is 18.8 Å². The van der Waals surface area contributed by atoms with Gasteiger partial charge in [0.15, 0.2) is 11.7 Å². The Labute approximate surface area is 168 Å². The number of nitrogens with one attached hydrogen (secondary N) is 1. The molecule has 7 heteroatoms. The minimum absolute atomic E-state index is 0.0300. The molecule has 1 N–H and O–H groups in total. The second kappa shape index (κ2) is 9.45. The molecule has 0 atom stereocenters. The Bertz CT molecular complexity index is 640. The van der Waals surface area contributed by atoms with E-state index in [0.717, 1.165) is 25.6 Å². The van der Waals surface area contributed by atoms with Gasteiger partial charge in [-0.2, -0.15) is 0 Å². The molecule has 156 valence electrons. The highest BCUT2D eigenvalue weighted by Crippen LogP contribution is 2.30. The van der Waals surface area contributed by atoms with Gasteiger partial charge < -0.3 is 24.4 Å². The zero-order valence-corrected chi connectivity index (χ0v) is 17.6. The van der Waals surface area contributed by atoms with Gasteiger partial charge in [-0.3, -0.25) is 9.79 Å². The Morgan fingerprint density at radius 1 is 1.14 bits per heavy atom. The van der Waals surface area contributed by atoms with Crippen molar-refractivity contribution < 1.29 is 9.21 Å². The second-order valence-corrected chi connectivity index (χ2v) is 8.19. The molecular formula is C21H35N5O2. The van der Waals surface area contributed by atoms with Gasteiger partial charge >= 0.3 is 0 Å². The predicted octanol–water partition coefficient (Wildman–Crippen LogP) is 2.27. The van der Waals surface area contributed by atoms with Gasteiger partial charge in [0.25, 0.3) is 5.91 Å². The molecule has 2 fully saturated rings. The molecule has 2 heterocycles. The number of aliphatic imine (C=N–C) groups is 1. The van der Waals surface area contributed by atoms with Crippen molar-refractivity contribution in [3.63, 3.8) is 0 Å². The van der Waals surface area contributed by atoms with Gasteiger partial charge in [0.1, 0.15) is 0 Å². The van der Waals surface area contributed by atoms with Crippen LogP contribution in [0.1, 0.15) is 49.1 Å². The molecule has 3 rings (SSSR count). The van der Waals surface area contributed by atoms with Crippen LogP contribution in [0.15, 0.2) is 27.8 Å². The average molecular weight is 390 g/mol. The first-order chi connectivity index (χ1) is 13.6. The minimum atomic E-state index is -0.0300. The molecule has 0 aromatic carbocycles. The number of furan rings is 1. The fraction of sp³-hybridized carbons (Fsp3) is 0.714. The normalized spacial score (nSPS) is 20.9. The molecule has 1 aromatic rings. The van der Waals surface area contributed by atoms with E-state index in [-0.39, 0.29) is 11.4 Å². The Morgan fingerprint density at radius 3 is 2.32 bits per heavy atom. The summed E-state index contributed by atoms with van der Waals surface area (Å²) >= 11 is 0. The molecule has 0 bridgehead atoms. The van der Waals surface area contributed by atoms with Gasteiger partial charge in [0, 0.05) is 45.3 Å². The Balaban J connectivity index is 1.55. The highest BCUT2D eigenvalue weighted by Gasteiger charge is 2.34. The van der Waals surface area contributed by atoms with E-state index in [1.165, 1.54) is 38.5 Å². The highest BCUT2D eigenvalue weighted by atomic mass is 16.3. The van der Waals surface area contributed by atoms with Crippen LogP contribution < -0.4 is 5.32 Å². The number of rotatable bonds is 4. The van der Waals surface area contributed by atoms with Crippen LogP contribution in [0.3, 0.4) is 0 Å². The first-order valence-corrected chi connectivity index (χ1v) is 10.5. The van der Waals surface area contributed by atoms with Gasteiger partial charge in [0.05, 0.1) is 6.26 Å². The standard InChI is InChI=1S/C21H35N5O2/c1-22-20(23-17-21(24(2)3)10-6-4-5-7-11-21)26-14-12-25(13-15-26)19(27)18-9-8-16-28-18/h8-9,16H,4-7,10-15,17H2,1-3H3,(H,22,23). The largest absolute Gasteiger partial charge is 0.459 e. The highest BCUT2D eigenvalue weighted by molar-refractivity contribution is 5.91. The quantitative estimate of drug-likeness (QED) is 0.486. The Morgan fingerprint density at radius 2 is 1.79 bits per heavy atom. The number of hydrogen-bond donors (Lipinski definition) is 1. The van der Waals surface area contributed by atoms with Crippen molar-refractivity contribution in [3.8, 4) is 0 Å². The third kappa shape index (κ3) is 4.69. The summed E-state index contributed by atoms with van der Waals surface area (Å²) in [6, 6.07) is 3.48. The lowest BCUT2D eigenvalue weighted by molar-refractivity contribution is 0.0656. The van der Waals surface area contributed by atoms with Crippen LogP contribution in [0.5, 0.6) is 0 Å². The van der Waals surface area contributed by atoms with Crippen LogP contribution in [-0.2, 0) is 0 Å². The molecule has 0 spiro atoms. The minimum Gasteiger partial charge on any atom is -0.459 e. The summed E-state index contributed by atoms with van der Waals surface area (Å²) in [4.78, 5) is 23.5. The fourth-order valence-electron chi connectivity index (χ4n) is 4.42. The predicted molar refractivity (Wildman–Crippen MR) is 112 cm³/mol. The van der Waals surface area contributed by atoms with Crippen LogP contribution in [0.2, 0.25) is 0 Å². The van der Waals surface area contributed by atoms with E-state index in [9.17, 15) is 4.79 Å². The van der Waals surface area contributed by atoms with Crippen molar-refractivity contribution in [1.29, 1.82) is 0 Å². The summed E-state index contributed by atoms with van der Waals surface area (Å²) in [5, 5.41) is 3.64. The van der Waals surface area contributed by atoms with E-state index in [1.54, 1.807) is 18.4 Å². The van der Waals surface area contributed by atoms with Gasteiger partial charge in [0.2, 0.25) is 0 Å². The van der Waals surface area contributed by atoms with Crippen molar-refractivity contribution in [3.05, 3.63) is 24.2 Å². The number of carbonyl (C=O) groups is 1. The number of carbonyl (C=O) groups excluding carboxylic acids is 1. The smallest absolute Gasteiger partial charge is 0.289 e. The molecule has 1 saturated heterocycles. The van der Waals surface area contributed by atoms with E-state index in [2.05, 4.69) is 34.2 Å². The topological polar surface area (TPSA) is 64.3 Å². The number of hydrogen-bond acceptors (Lipinski definition) is 4. The van der Waals surface area contributed by atoms with Crippen molar-refractivity contribution >= 4 is 11.9 Å². The average Bonchev–Trinajstić information content (AvgIpc) is 3.14. The van der Waals surface area contributed by atoms with Crippen LogP contribution in [0.25, 0.3) is 0 Å². The number of guanidine groups is 1. The van der Waals surface area contributed by atoms with Gasteiger partial charge in [-0.1, -0.05) is 25.7 Å². The van der Waals surface area contributed by atoms with Crippen LogP contribution >= 0.6 is 0 Å². The summed E-state index contributed by atoms with van der Waals surface area (Å²) in [5.41, 5.74) is 0.198. The Kier molecular flexibility index (Phi) is 6.99. The monoisotopic (exact) mass is 389 g/mol. The number of amides is 1. The third-order valence-electron chi connectivity index (χ3n) is 6.37. The van der Waals surface area contributed by atoms with Crippen LogP contribution in [0, 0.1) is 0 Å². The van der Waals surface area contributed by atoms with E-state index >= 15 is 0 Å². The van der Waals surface area contributed by atoms with Crippen molar-refractivity contribution in [2.45, 2.75) is 44.1 Å². The summed E-state index contributed by atoms with van der Waals surface area (Å²) in [6.45, 7) is 3.83. The molecule has 1 aliphatic heterocycles. The zero-order chi connectivity index (χ0) is 20.0. The number of nitrogens with zero attached hydrogens (tertiary/aromatic N) is 4. The lowest BCUT2D eigenvalue weighted by atomic mass is 9.88. The third-order valence-corrected chi connectivity index (χ3v) is 6.37. The summed E-state index contributed by atoms with van der Waals surface area (Å²) in [5.74, 6) is 1.32. The maximum atomic E-state index is 12.5. The van der Waals surface area contributed by atoms with E-state index in [1.807, 2.05) is 11.9 Å². The van der Waals surface area contributed by atoms with Crippen LogP contribution in [-0.4, -0.2) is 86.0 Å². The molecule has 7 nitrogen and oxygen atoms in total. The first-order valence-electron chi connectivity index (χ1n) is 10.5. The summed E-state index contributed by atoms with van der Waals surface area (Å²) in [6.07, 6.45) is 9.29. The molecule has 28 heavy (non-hydrogen) atoms. The van der Waals surface area contributed by atoms with E-state index in [4.69, 9.17) is 4.42 Å². The maximum absolute atomic E-state index is 12.5. The van der Waals surface area contributed by atoms with E-state index < -0.39 is 0 Å². The summed E-state index contributed by atoms with van der Waals surface area (Å²) in [7, 11) is 6.25. The molecule has 1 aromatic heterocycles. The fourth-order valence-corrected chi connectivity index (χ4v) is 4.42.